The van der Waals surface area contributed by atoms with E-state index in [1.807, 2.05) is 0 Å². The summed E-state index contributed by atoms with van der Waals surface area (Å²) >= 11 is 0. The van der Waals surface area contributed by atoms with E-state index in [-0.39, 0.29) is 18.4 Å². The van der Waals surface area contributed by atoms with Gasteiger partial charge in [-0.25, -0.2) is 8.78 Å². The molecule has 1 rings (SSSR count). The highest BCUT2D eigenvalue weighted by Crippen LogP contribution is 2.16. The number of nitrogens with zero attached hydrogens (tertiary/aromatic N) is 1. The van der Waals surface area contributed by atoms with Crippen molar-refractivity contribution in [1.29, 1.82) is 0 Å². The summed E-state index contributed by atoms with van der Waals surface area (Å²) in [5.74, 6) is -1.16. The molecule has 0 heterocycles. The molecule has 118 valence electrons. The van der Waals surface area contributed by atoms with E-state index in [9.17, 15) is 13.6 Å². The normalized spacial score (nSPS) is 12.5. The van der Waals surface area contributed by atoms with Gasteiger partial charge < -0.3 is 10.6 Å². The lowest BCUT2D eigenvalue weighted by Gasteiger charge is -2.22. The first kappa shape index (κ1) is 17.6. The Morgan fingerprint density at radius 1 is 1.29 bits per heavy atom. The van der Waals surface area contributed by atoms with Crippen LogP contribution in [-0.4, -0.2) is 24.4 Å². The average molecular weight is 298 g/mol. The summed E-state index contributed by atoms with van der Waals surface area (Å²) in [7, 11) is 1.66. The lowest BCUT2D eigenvalue weighted by atomic mass is 9.94. The van der Waals surface area contributed by atoms with Crippen LogP contribution in [0.1, 0.15) is 32.3 Å². The van der Waals surface area contributed by atoms with Crippen molar-refractivity contribution in [1.82, 2.24) is 4.90 Å². The van der Waals surface area contributed by atoms with Gasteiger partial charge in [0.05, 0.1) is 0 Å². The molecule has 0 saturated carbocycles. The first-order valence-electron chi connectivity index (χ1n) is 7.21. The molecule has 0 unspecified atom stereocenters. The molecule has 5 heteroatoms. The zero-order valence-corrected chi connectivity index (χ0v) is 12.9. The quantitative estimate of drug-likeness (QED) is 0.841. The number of nitrogens with two attached hydrogens (primary N) is 1. The molecule has 0 aliphatic heterocycles. The van der Waals surface area contributed by atoms with E-state index in [1.165, 1.54) is 11.0 Å². The third kappa shape index (κ3) is 5.79. The Balaban J connectivity index is 2.59. The lowest BCUT2D eigenvalue weighted by Crippen LogP contribution is -2.30. The van der Waals surface area contributed by atoms with Crippen LogP contribution in [0, 0.1) is 23.5 Å². The highest BCUT2D eigenvalue weighted by Gasteiger charge is 2.17. The van der Waals surface area contributed by atoms with Crippen molar-refractivity contribution in [3.8, 4) is 0 Å². The van der Waals surface area contributed by atoms with Crippen LogP contribution in [0.4, 0.5) is 8.78 Å². The summed E-state index contributed by atoms with van der Waals surface area (Å²) in [6.07, 6.45) is 1.29. The molecule has 1 atom stereocenters. The van der Waals surface area contributed by atoms with Crippen molar-refractivity contribution < 1.29 is 13.6 Å². The molecule has 0 saturated heterocycles. The maximum Gasteiger partial charge on any atom is 0.222 e. The summed E-state index contributed by atoms with van der Waals surface area (Å²) in [6.45, 7) is 4.92. The molecule has 0 bridgehead atoms. The van der Waals surface area contributed by atoms with Gasteiger partial charge in [0.15, 0.2) is 11.6 Å². The Kier molecular flexibility index (Phi) is 6.75. The fourth-order valence-corrected chi connectivity index (χ4v) is 2.33. The molecule has 21 heavy (non-hydrogen) atoms. The molecule has 0 aromatic heterocycles. The standard InChI is InChI=1S/C16H24F2N2O/c1-11(2)6-13(9-19)8-16(21)20(3)10-12-4-5-14(17)15(18)7-12/h4-5,7,11,13H,6,8-10,19H2,1-3H3/t13-/m0/s1. The molecule has 1 amide bonds. The zero-order chi connectivity index (χ0) is 16.0. The molecule has 0 aliphatic rings. The average Bonchev–Trinajstić information content (AvgIpc) is 2.41. The van der Waals surface area contributed by atoms with Crippen molar-refractivity contribution in [2.45, 2.75) is 33.2 Å². The van der Waals surface area contributed by atoms with Crippen LogP contribution in [-0.2, 0) is 11.3 Å². The van der Waals surface area contributed by atoms with Crippen molar-refractivity contribution >= 4 is 5.91 Å². The van der Waals surface area contributed by atoms with Gasteiger partial charge in [0.2, 0.25) is 5.91 Å². The van der Waals surface area contributed by atoms with E-state index in [0.29, 0.717) is 24.4 Å². The molecule has 1 aromatic rings. The molecule has 0 aliphatic carbocycles. The lowest BCUT2D eigenvalue weighted by molar-refractivity contribution is -0.131. The summed E-state index contributed by atoms with van der Waals surface area (Å²) < 4.78 is 26.0. The van der Waals surface area contributed by atoms with Gasteiger partial charge in [-0.1, -0.05) is 19.9 Å². The predicted molar refractivity (Wildman–Crippen MR) is 79.4 cm³/mol. The summed E-state index contributed by atoms with van der Waals surface area (Å²) in [6, 6.07) is 3.68. The third-order valence-electron chi connectivity index (χ3n) is 3.43. The molecule has 2 N–H and O–H groups in total. The first-order chi connectivity index (χ1) is 9.83. The smallest absolute Gasteiger partial charge is 0.222 e. The maximum absolute atomic E-state index is 13.1. The van der Waals surface area contributed by atoms with Gasteiger partial charge in [-0.2, -0.15) is 0 Å². The number of amides is 1. The van der Waals surface area contributed by atoms with Crippen LogP contribution in [0.5, 0.6) is 0 Å². The van der Waals surface area contributed by atoms with Crippen LogP contribution in [0.3, 0.4) is 0 Å². The van der Waals surface area contributed by atoms with Gasteiger partial charge in [-0.05, 0) is 42.5 Å². The number of carbonyl (C=O) groups excluding carboxylic acids is 1. The Bertz CT molecular complexity index is 477. The van der Waals surface area contributed by atoms with Crippen LogP contribution in [0.15, 0.2) is 18.2 Å². The maximum atomic E-state index is 13.1. The van der Waals surface area contributed by atoms with Crippen LogP contribution < -0.4 is 5.73 Å². The van der Waals surface area contributed by atoms with E-state index >= 15 is 0 Å². The Morgan fingerprint density at radius 3 is 2.48 bits per heavy atom. The van der Waals surface area contributed by atoms with Gasteiger partial charge in [0.1, 0.15) is 0 Å². The largest absolute Gasteiger partial charge is 0.341 e. The third-order valence-corrected chi connectivity index (χ3v) is 3.43. The fraction of sp³-hybridized carbons (Fsp3) is 0.562. The number of halogens is 2. The van der Waals surface area contributed by atoms with Crippen LogP contribution in [0.25, 0.3) is 0 Å². The number of hydrogen-bond acceptors (Lipinski definition) is 2. The van der Waals surface area contributed by atoms with Gasteiger partial charge in [-0.15, -0.1) is 0 Å². The highest BCUT2D eigenvalue weighted by molar-refractivity contribution is 5.76. The predicted octanol–water partition coefficient (Wildman–Crippen LogP) is 2.93. The SMILES string of the molecule is CC(C)C[C@H](CN)CC(=O)N(C)Cc1ccc(F)c(F)c1. The van der Waals surface area contributed by atoms with Crippen molar-refractivity contribution in [2.24, 2.45) is 17.6 Å². The fourth-order valence-electron chi connectivity index (χ4n) is 2.33. The Hall–Kier alpha value is -1.49. The Labute approximate surface area is 125 Å². The minimum Gasteiger partial charge on any atom is -0.341 e. The van der Waals surface area contributed by atoms with Gasteiger partial charge in [0.25, 0.3) is 0 Å². The van der Waals surface area contributed by atoms with E-state index in [2.05, 4.69) is 13.8 Å². The van der Waals surface area contributed by atoms with Crippen LogP contribution in [0.2, 0.25) is 0 Å². The molecule has 0 spiro atoms. The number of hydrogen-bond donors (Lipinski definition) is 1. The van der Waals surface area contributed by atoms with Gasteiger partial charge in [-0.3, -0.25) is 4.79 Å². The van der Waals surface area contributed by atoms with Gasteiger partial charge in [0, 0.05) is 20.0 Å². The van der Waals surface area contributed by atoms with Gasteiger partial charge >= 0.3 is 0 Å². The summed E-state index contributed by atoms with van der Waals surface area (Å²) in [5.41, 5.74) is 6.26. The minimum absolute atomic E-state index is 0.0316. The summed E-state index contributed by atoms with van der Waals surface area (Å²) in [5, 5.41) is 0. The molecule has 1 aromatic carbocycles. The number of benzene rings is 1. The second kappa shape index (κ2) is 8.08. The van der Waals surface area contributed by atoms with Crippen molar-refractivity contribution in [3.63, 3.8) is 0 Å². The minimum atomic E-state index is -0.895. The topological polar surface area (TPSA) is 46.3 Å². The van der Waals surface area contributed by atoms with E-state index < -0.39 is 11.6 Å². The first-order valence-corrected chi connectivity index (χ1v) is 7.21. The second-order valence-electron chi connectivity index (χ2n) is 5.93. The van der Waals surface area contributed by atoms with E-state index in [1.54, 1.807) is 7.05 Å². The number of rotatable bonds is 7. The Morgan fingerprint density at radius 2 is 1.95 bits per heavy atom. The zero-order valence-electron chi connectivity index (χ0n) is 12.9. The van der Waals surface area contributed by atoms with Crippen molar-refractivity contribution in [3.05, 3.63) is 35.4 Å². The second-order valence-corrected chi connectivity index (χ2v) is 5.93. The monoisotopic (exact) mass is 298 g/mol. The molecule has 0 radical (unpaired) electrons. The van der Waals surface area contributed by atoms with E-state index in [0.717, 1.165) is 18.6 Å². The number of carbonyl (C=O) groups is 1. The molecular weight excluding hydrogens is 274 g/mol. The highest BCUT2D eigenvalue weighted by atomic mass is 19.2. The van der Waals surface area contributed by atoms with Crippen molar-refractivity contribution in [2.75, 3.05) is 13.6 Å². The molecule has 0 fully saturated rings. The van der Waals surface area contributed by atoms with E-state index in [4.69, 9.17) is 5.73 Å². The summed E-state index contributed by atoms with van der Waals surface area (Å²) in [4.78, 5) is 13.7. The molecule has 3 nitrogen and oxygen atoms in total. The van der Waals surface area contributed by atoms with Crippen LogP contribution >= 0.6 is 0 Å². The molecular formula is C16H24F2N2O.